The topological polar surface area (TPSA) is 3.24 Å². The fourth-order valence-corrected chi connectivity index (χ4v) is 2.79. The first-order valence-corrected chi connectivity index (χ1v) is 7.06. The highest BCUT2D eigenvalue weighted by atomic mass is 79.9. The van der Waals surface area contributed by atoms with Crippen LogP contribution in [0.5, 0.6) is 0 Å². The van der Waals surface area contributed by atoms with Gasteiger partial charge in [-0.1, -0.05) is 39.7 Å². The fraction of sp³-hybridized carbons (Fsp3) is 0.538. The van der Waals surface area contributed by atoms with Crippen molar-refractivity contribution in [2.75, 3.05) is 13.1 Å². The van der Waals surface area contributed by atoms with E-state index >= 15 is 0 Å². The molecule has 0 aromatic heterocycles. The highest BCUT2D eigenvalue weighted by Crippen LogP contribution is 2.23. The molecular weight excluding hydrogens is 286 g/mol. The molecule has 0 unspecified atom stereocenters. The Hall–Kier alpha value is -0.0500. The van der Waals surface area contributed by atoms with Crippen LogP contribution in [-0.4, -0.2) is 22.8 Å². The minimum atomic E-state index is 0.706. The molecule has 0 amide bonds. The van der Waals surface area contributed by atoms with Crippen molar-refractivity contribution < 1.29 is 0 Å². The smallest absolute Gasteiger partial charge is 0.0453 e. The van der Waals surface area contributed by atoms with Gasteiger partial charge in [0.2, 0.25) is 0 Å². The second kappa shape index (κ2) is 5.52. The summed E-state index contributed by atoms with van der Waals surface area (Å²) in [6, 6.07) is 6.34. The van der Waals surface area contributed by atoms with Gasteiger partial charge in [-0.05, 0) is 50.0 Å². The van der Waals surface area contributed by atoms with Gasteiger partial charge in [0.1, 0.15) is 0 Å². The van der Waals surface area contributed by atoms with E-state index in [0.717, 1.165) is 11.6 Å². The highest BCUT2D eigenvalue weighted by Gasteiger charge is 2.17. The molecule has 1 nitrogen and oxygen atoms in total. The molecule has 1 heterocycles. The van der Waals surface area contributed by atoms with E-state index < -0.39 is 0 Å². The molecule has 1 aromatic rings. The van der Waals surface area contributed by atoms with Gasteiger partial charge in [-0.15, -0.1) is 0 Å². The number of rotatable bonds is 2. The maximum absolute atomic E-state index is 6.24. The van der Waals surface area contributed by atoms with Crippen molar-refractivity contribution in [1.29, 1.82) is 0 Å². The number of piperidine rings is 1. The van der Waals surface area contributed by atoms with Crippen LogP contribution < -0.4 is 0 Å². The molecule has 0 radical (unpaired) electrons. The highest BCUT2D eigenvalue weighted by molar-refractivity contribution is 9.09. The van der Waals surface area contributed by atoms with Crippen LogP contribution in [0.25, 0.3) is 0 Å². The maximum atomic E-state index is 6.24. The molecule has 3 heteroatoms. The number of likely N-dealkylation sites (tertiary alicyclic amines) is 1. The fourth-order valence-electron chi connectivity index (χ4n) is 2.08. The van der Waals surface area contributed by atoms with Gasteiger partial charge in [0.05, 0.1) is 0 Å². The molecule has 0 aliphatic carbocycles. The Morgan fingerprint density at radius 1 is 1.38 bits per heavy atom. The van der Waals surface area contributed by atoms with E-state index in [4.69, 9.17) is 11.6 Å². The summed E-state index contributed by atoms with van der Waals surface area (Å²) in [5, 5.41) is 0.904. The predicted molar refractivity (Wildman–Crippen MR) is 73.4 cm³/mol. The van der Waals surface area contributed by atoms with Gasteiger partial charge in [0, 0.05) is 16.4 Å². The largest absolute Gasteiger partial charge is 0.299 e. The standard InChI is InChI=1S/C13H17BrClN/c1-10-2-3-11(13(15)8-10)9-16-6-4-12(14)5-7-16/h2-3,8,12H,4-7,9H2,1H3. The average molecular weight is 303 g/mol. The van der Waals surface area contributed by atoms with E-state index in [1.807, 2.05) is 6.07 Å². The Morgan fingerprint density at radius 2 is 2.06 bits per heavy atom. The Morgan fingerprint density at radius 3 is 2.69 bits per heavy atom. The third-order valence-corrected chi connectivity index (χ3v) is 4.39. The van der Waals surface area contributed by atoms with Crippen LogP contribution in [0.3, 0.4) is 0 Å². The SMILES string of the molecule is Cc1ccc(CN2CCC(Br)CC2)c(Cl)c1. The molecule has 1 aliphatic heterocycles. The number of alkyl halides is 1. The summed E-state index contributed by atoms with van der Waals surface area (Å²) in [5.74, 6) is 0. The molecule has 1 fully saturated rings. The Labute approximate surface area is 111 Å². The Balaban J connectivity index is 1.98. The molecule has 1 aromatic carbocycles. The van der Waals surface area contributed by atoms with Crippen molar-refractivity contribution in [3.63, 3.8) is 0 Å². The molecule has 16 heavy (non-hydrogen) atoms. The molecule has 0 saturated carbocycles. The van der Waals surface area contributed by atoms with E-state index in [2.05, 4.69) is 39.9 Å². The zero-order valence-corrected chi connectivity index (χ0v) is 11.9. The van der Waals surface area contributed by atoms with E-state index in [9.17, 15) is 0 Å². The average Bonchev–Trinajstić information content (AvgIpc) is 2.25. The van der Waals surface area contributed by atoms with Crippen molar-refractivity contribution in [1.82, 2.24) is 4.90 Å². The van der Waals surface area contributed by atoms with Crippen molar-refractivity contribution in [3.05, 3.63) is 34.3 Å². The molecule has 0 atom stereocenters. The van der Waals surface area contributed by atoms with Gasteiger partial charge in [-0.2, -0.15) is 0 Å². The van der Waals surface area contributed by atoms with Crippen LogP contribution in [0.15, 0.2) is 18.2 Å². The molecule has 0 N–H and O–H groups in total. The van der Waals surface area contributed by atoms with Crippen LogP contribution >= 0.6 is 27.5 Å². The monoisotopic (exact) mass is 301 g/mol. The summed E-state index contributed by atoms with van der Waals surface area (Å²) in [5.41, 5.74) is 2.48. The van der Waals surface area contributed by atoms with Crippen LogP contribution in [0, 0.1) is 6.92 Å². The van der Waals surface area contributed by atoms with Crippen LogP contribution in [0.4, 0.5) is 0 Å². The van der Waals surface area contributed by atoms with Crippen LogP contribution in [0.1, 0.15) is 24.0 Å². The minimum Gasteiger partial charge on any atom is -0.299 e. The molecular formula is C13H17BrClN. The van der Waals surface area contributed by atoms with Gasteiger partial charge >= 0.3 is 0 Å². The van der Waals surface area contributed by atoms with Crippen molar-refractivity contribution in [2.24, 2.45) is 0 Å². The van der Waals surface area contributed by atoms with Crippen LogP contribution in [-0.2, 0) is 6.54 Å². The quantitative estimate of drug-likeness (QED) is 0.746. The van der Waals surface area contributed by atoms with Crippen molar-refractivity contribution in [3.8, 4) is 0 Å². The first kappa shape index (κ1) is 12.4. The van der Waals surface area contributed by atoms with Gasteiger partial charge in [0.15, 0.2) is 0 Å². The maximum Gasteiger partial charge on any atom is 0.0453 e. The first-order valence-electron chi connectivity index (χ1n) is 5.76. The second-order valence-electron chi connectivity index (χ2n) is 4.55. The molecule has 1 saturated heterocycles. The van der Waals surface area contributed by atoms with Gasteiger partial charge in [-0.25, -0.2) is 0 Å². The lowest BCUT2D eigenvalue weighted by molar-refractivity contribution is 0.226. The summed E-state index contributed by atoms with van der Waals surface area (Å²) in [7, 11) is 0. The lowest BCUT2D eigenvalue weighted by Crippen LogP contribution is -2.33. The summed E-state index contributed by atoms with van der Waals surface area (Å²) in [6.07, 6.45) is 2.48. The third kappa shape index (κ3) is 3.22. The third-order valence-electron chi connectivity index (χ3n) is 3.12. The summed E-state index contributed by atoms with van der Waals surface area (Å²) in [4.78, 5) is 3.19. The minimum absolute atomic E-state index is 0.706. The lowest BCUT2D eigenvalue weighted by Gasteiger charge is -2.29. The number of hydrogen-bond donors (Lipinski definition) is 0. The zero-order chi connectivity index (χ0) is 11.5. The van der Waals surface area contributed by atoms with Gasteiger partial charge in [-0.3, -0.25) is 4.90 Å². The summed E-state index contributed by atoms with van der Waals surface area (Å²) >= 11 is 9.91. The van der Waals surface area contributed by atoms with E-state index in [1.54, 1.807) is 0 Å². The molecule has 2 rings (SSSR count). The van der Waals surface area contributed by atoms with Gasteiger partial charge < -0.3 is 0 Å². The lowest BCUT2D eigenvalue weighted by atomic mass is 10.1. The summed E-state index contributed by atoms with van der Waals surface area (Å²) in [6.45, 7) is 5.39. The molecule has 1 aliphatic rings. The Kier molecular flexibility index (Phi) is 4.28. The predicted octanol–water partition coefficient (Wildman–Crippen LogP) is 4.01. The number of halogens is 2. The number of nitrogens with zero attached hydrogens (tertiary/aromatic N) is 1. The van der Waals surface area contributed by atoms with Crippen molar-refractivity contribution >= 4 is 27.5 Å². The van der Waals surface area contributed by atoms with E-state index in [0.29, 0.717) is 4.83 Å². The number of hydrogen-bond acceptors (Lipinski definition) is 1. The normalized spacial score (nSPS) is 18.9. The molecule has 88 valence electrons. The van der Waals surface area contributed by atoms with E-state index in [1.165, 1.54) is 37.1 Å². The Bertz CT molecular complexity index is 359. The second-order valence-corrected chi connectivity index (χ2v) is 6.25. The molecule has 0 spiro atoms. The van der Waals surface area contributed by atoms with Crippen LogP contribution in [0.2, 0.25) is 5.02 Å². The first-order chi connectivity index (χ1) is 7.65. The van der Waals surface area contributed by atoms with E-state index in [-0.39, 0.29) is 0 Å². The van der Waals surface area contributed by atoms with Gasteiger partial charge in [0.25, 0.3) is 0 Å². The number of aryl methyl sites for hydroxylation is 1. The zero-order valence-electron chi connectivity index (χ0n) is 9.55. The summed E-state index contributed by atoms with van der Waals surface area (Å²) < 4.78 is 0. The van der Waals surface area contributed by atoms with Crippen molar-refractivity contribution in [2.45, 2.75) is 31.1 Å². The number of benzene rings is 1. The molecule has 0 bridgehead atoms.